The molecule has 1 unspecified atom stereocenters. The second-order valence-electron chi connectivity index (χ2n) is 9.89. The second kappa shape index (κ2) is 10.8. The van der Waals surface area contributed by atoms with Gasteiger partial charge in [-0.2, -0.15) is 5.26 Å². The average molecular weight is 537 g/mol. The zero-order valence-corrected chi connectivity index (χ0v) is 22.8. The van der Waals surface area contributed by atoms with E-state index in [4.69, 9.17) is 4.74 Å². The highest BCUT2D eigenvalue weighted by Gasteiger charge is 2.34. The molecule has 0 radical (unpaired) electrons. The molecule has 1 aliphatic carbocycles. The van der Waals surface area contributed by atoms with Crippen LogP contribution in [0.1, 0.15) is 59.9 Å². The maximum absolute atomic E-state index is 12.9. The molecule has 3 aromatic rings. The molecule has 0 saturated carbocycles. The smallest absolute Gasteiger partial charge is 0.341 e. The van der Waals surface area contributed by atoms with Crippen LogP contribution >= 0.6 is 22.7 Å². The number of ether oxygens (including phenoxy) is 1. The molecule has 1 N–H and O–H groups in total. The van der Waals surface area contributed by atoms with E-state index in [1.165, 1.54) is 28.3 Å². The molecule has 2 heterocycles. The molecule has 10 heteroatoms. The molecule has 0 aliphatic heterocycles. The summed E-state index contributed by atoms with van der Waals surface area (Å²) < 4.78 is 5.37. The Morgan fingerprint density at radius 3 is 2.86 bits per heavy atom. The number of hydrogen-bond donors (Lipinski definition) is 1. The van der Waals surface area contributed by atoms with Crippen molar-refractivity contribution in [2.45, 2.75) is 47.0 Å². The predicted octanol–water partition coefficient (Wildman–Crippen LogP) is 7.08. The molecule has 0 bridgehead atoms. The van der Waals surface area contributed by atoms with Gasteiger partial charge in [-0.25, -0.2) is 9.78 Å². The van der Waals surface area contributed by atoms with Gasteiger partial charge in [-0.3, -0.25) is 10.1 Å². The minimum Gasteiger partial charge on any atom is -0.462 e. The van der Waals surface area contributed by atoms with E-state index in [0.717, 1.165) is 24.8 Å². The molecule has 8 nitrogen and oxygen atoms in total. The van der Waals surface area contributed by atoms with Crippen molar-refractivity contribution < 1.29 is 14.5 Å². The van der Waals surface area contributed by atoms with Crippen LogP contribution in [-0.4, -0.2) is 22.5 Å². The molecule has 0 fully saturated rings. The van der Waals surface area contributed by atoms with Gasteiger partial charge in [-0.05, 0) is 43.1 Å². The Labute approximate surface area is 223 Å². The number of allylic oxidation sites excluding steroid dienone is 1. The van der Waals surface area contributed by atoms with Crippen molar-refractivity contribution in [3.63, 3.8) is 0 Å². The van der Waals surface area contributed by atoms with Crippen molar-refractivity contribution in [2.24, 2.45) is 11.3 Å². The van der Waals surface area contributed by atoms with Crippen LogP contribution in [0, 0.1) is 32.8 Å². The van der Waals surface area contributed by atoms with Crippen molar-refractivity contribution in [1.29, 1.82) is 5.26 Å². The summed E-state index contributed by atoms with van der Waals surface area (Å²) in [5.74, 6) is 0.167. The topological polar surface area (TPSA) is 118 Å². The number of aromatic nitrogens is 1. The summed E-state index contributed by atoms with van der Waals surface area (Å²) in [7, 11) is 0. The SMILES string of the molecule is CCOC(=O)c1c(NC=C(C#N)c2nc(-c3cccc([N+](=O)[O-])c3)cs2)sc2c1CCC(C(C)(C)C)C2. The number of benzene rings is 1. The van der Waals surface area contributed by atoms with E-state index in [-0.39, 0.29) is 23.7 Å². The number of nitrogens with zero attached hydrogens (tertiary/aromatic N) is 3. The Morgan fingerprint density at radius 2 is 2.19 bits per heavy atom. The van der Waals surface area contributed by atoms with Crippen LogP contribution in [0.2, 0.25) is 0 Å². The van der Waals surface area contributed by atoms with Crippen LogP contribution in [0.15, 0.2) is 35.8 Å². The lowest BCUT2D eigenvalue weighted by Crippen LogP contribution is -2.26. The molecule has 37 heavy (non-hydrogen) atoms. The molecular formula is C27H28N4O4S2. The monoisotopic (exact) mass is 536 g/mol. The fraction of sp³-hybridized carbons (Fsp3) is 0.370. The number of nitrogens with one attached hydrogen (secondary N) is 1. The maximum Gasteiger partial charge on any atom is 0.341 e. The molecule has 1 aromatic carbocycles. The molecule has 0 spiro atoms. The van der Waals surface area contributed by atoms with Gasteiger partial charge in [-0.1, -0.05) is 32.9 Å². The first-order chi connectivity index (χ1) is 17.6. The molecule has 192 valence electrons. The fourth-order valence-electron chi connectivity index (χ4n) is 4.43. The summed E-state index contributed by atoms with van der Waals surface area (Å²) in [5.41, 5.74) is 3.21. The standard InChI is InChI=1S/C27H28N4O4S2/c1-5-35-26(32)23-20-10-9-18(27(2,3)4)12-22(20)37-25(23)29-14-17(13-28)24-30-21(15-36-24)16-7-6-8-19(11-16)31(33)34/h6-8,11,14-15,18,29H,5,9-10,12H2,1-4H3. The zero-order valence-electron chi connectivity index (χ0n) is 21.2. The van der Waals surface area contributed by atoms with Gasteiger partial charge in [0.2, 0.25) is 0 Å². The Balaban J connectivity index is 1.63. The number of anilines is 1. The predicted molar refractivity (Wildman–Crippen MR) is 147 cm³/mol. The van der Waals surface area contributed by atoms with E-state index < -0.39 is 4.92 Å². The summed E-state index contributed by atoms with van der Waals surface area (Å²) >= 11 is 2.82. The third-order valence-corrected chi connectivity index (χ3v) is 8.59. The fourth-order valence-corrected chi connectivity index (χ4v) is 6.51. The highest BCUT2D eigenvalue weighted by molar-refractivity contribution is 7.16. The number of thiophene rings is 1. The number of thiazole rings is 1. The van der Waals surface area contributed by atoms with E-state index in [9.17, 15) is 20.2 Å². The summed E-state index contributed by atoms with van der Waals surface area (Å²) in [6, 6.07) is 8.40. The lowest BCUT2D eigenvalue weighted by atomic mass is 9.72. The zero-order chi connectivity index (χ0) is 26.7. The molecule has 1 atom stereocenters. The van der Waals surface area contributed by atoms with Gasteiger partial charge < -0.3 is 10.1 Å². The summed E-state index contributed by atoms with van der Waals surface area (Å²) in [6.07, 6.45) is 4.30. The molecule has 4 rings (SSSR count). The quantitative estimate of drug-likeness (QED) is 0.148. The number of nitro groups is 1. The van der Waals surface area contributed by atoms with Gasteiger partial charge >= 0.3 is 5.97 Å². The Bertz CT molecular complexity index is 1410. The first kappa shape index (κ1) is 26.5. The van der Waals surface area contributed by atoms with E-state index in [1.54, 1.807) is 42.0 Å². The number of carbonyl (C=O) groups is 1. The van der Waals surface area contributed by atoms with Crippen LogP contribution in [0.3, 0.4) is 0 Å². The minimum atomic E-state index is -0.452. The Kier molecular flexibility index (Phi) is 7.76. The van der Waals surface area contributed by atoms with Crippen molar-refractivity contribution in [1.82, 2.24) is 4.98 Å². The van der Waals surface area contributed by atoms with Crippen LogP contribution in [0.5, 0.6) is 0 Å². The van der Waals surface area contributed by atoms with E-state index in [1.807, 2.05) is 0 Å². The van der Waals surface area contributed by atoms with Crippen molar-refractivity contribution >= 4 is 44.9 Å². The van der Waals surface area contributed by atoms with Gasteiger partial charge in [0, 0.05) is 34.2 Å². The van der Waals surface area contributed by atoms with Crippen molar-refractivity contribution in [3.05, 3.63) is 67.0 Å². The average Bonchev–Trinajstić information content (AvgIpc) is 3.49. The van der Waals surface area contributed by atoms with Crippen molar-refractivity contribution in [2.75, 3.05) is 11.9 Å². The molecule has 1 aliphatic rings. The van der Waals surface area contributed by atoms with E-state index in [2.05, 4.69) is 37.1 Å². The first-order valence-electron chi connectivity index (χ1n) is 12.0. The van der Waals surface area contributed by atoms with Crippen LogP contribution in [-0.2, 0) is 17.6 Å². The maximum atomic E-state index is 12.9. The summed E-state index contributed by atoms with van der Waals surface area (Å²) in [6.45, 7) is 8.82. The molecular weight excluding hydrogens is 508 g/mol. The highest BCUT2D eigenvalue weighted by Crippen LogP contribution is 2.44. The lowest BCUT2D eigenvalue weighted by molar-refractivity contribution is -0.384. The number of nitriles is 1. The van der Waals surface area contributed by atoms with Crippen LogP contribution in [0.25, 0.3) is 16.8 Å². The second-order valence-corrected chi connectivity index (χ2v) is 11.9. The van der Waals surface area contributed by atoms with Crippen molar-refractivity contribution in [3.8, 4) is 17.3 Å². The Morgan fingerprint density at radius 1 is 1.41 bits per heavy atom. The number of hydrogen-bond acceptors (Lipinski definition) is 9. The summed E-state index contributed by atoms with van der Waals surface area (Å²) in [4.78, 5) is 29.3. The molecule has 0 saturated heterocycles. The molecule has 2 aromatic heterocycles. The van der Waals surface area contributed by atoms with E-state index in [0.29, 0.717) is 38.3 Å². The third-order valence-electron chi connectivity index (χ3n) is 6.52. The van der Waals surface area contributed by atoms with Crippen LogP contribution < -0.4 is 5.32 Å². The number of rotatable bonds is 7. The van der Waals surface area contributed by atoms with Gasteiger partial charge in [0.1, 0.15) is 21.7 Å². The van der Waals surface area contributed by atoms with Gasteiger partial charge in [0.15, 0.2) is 0 Å². The van der Waals surface area contributed by atoms with Crippen LogP contribution in [0.4, 0.5) is 10.7 Å². The molecule has 0 amide bonds. The van der Waals surface area contributed by atoms with Gasteiger partial charge in [-0.15, -0.1) is 22.7 Å². The number of fused-ring (bicyclic) bond motifs is 1. The van der Waals surface area contributed by atoms with Gasteiger partial charge in [0.05, 0.1) is 22.8 Å². The lowest BCUT2D eigenvalue weighted by Gasteiger charge is -2.33. The number of nitro benzene ring substituents is 1. The van der Waals surface area contributed by atoms with Gasteiger partial charge in [0.25, 0.3) is 5.69 Å². The number of non-ortho nitro benzene ring substituents is 1. The minimum absolute atomic E-state index is 0.0216. The largest absolute Gasteiger partial charge is 0.462 e. The third kappa shape index (κ3) is 5.73. The Hall–Kier alpha value is -3.55. The summed E-state index contributed by atoms with van der Waals surface area (Å²) in [5, 5.41) is 27.1. The highest BCUT2D eigenvalue weighted by atomic mass is 32.1. The number of esters is 1. The normalized spacial score (nSPS) is 15.5. The number of carbonyl (C=O) groups excluding carboxylic acids is 1. The van der Waals surface area contributed by atoms with E-state index >= 15 is 0 Å². The first-order valence-corrected chi connectivity index (χ1v) is 13.7.